The lowest BCUT2D eigenvalue weighted by Gasteiger charge is -2.11. The smallest absolute Gasteiger partial charge is 0.328 e. The Balaban J connectivity index is 1.60. The van der Waals surface area contributed by atoms with Gasteiger partial charge in [-0.2, -0.15) is 0 Å². The van der Waals surface area contributed by atoms with Crippen LogP contribution in [0.4, 0.5) is 5.69 Å². The third-order valence-electron chi connectivity index (χ3n) is 3.16. The van der Waals surface area contributed by atoms with Crippen LogP contribution in [0.3, 0.4) is 0 Å². The van der Waals surface area contributed by atoms with Gasteiger partial charge in [-0.05, 0) is 11.6 Å². The molecule has 0 spiro atoms. The first-order valence-corrected chi connectivity index (χ1v) is 6.89. The number of carbonyl (C=O) groups excluding carboxylic acids is 1. The van der Waals surface area contributed by atoms with E-state index in [0.717, 1.165) is 11.3 Å². The Kier molecular flexibility index (Phi) is 5.83. The normalized spacial score (nSPS) is 16.6. The van der Waals surface area contributed by atoms with Gasteiger partial charge in [-0.1, -0.05) is 18.2 Å². The third-order valence-corrected chi connectivity index (χ3v) is 3.16. The molecule has 5 nitrogen and oxygen atoms in total. The van der Waals surface area contributed by atoms with Gasteiger partial charge in [0.2, 0.25) is 0 Å². The zero-order valence-corrected chi connectivity index (χ0v) is 11.8. The second-order valence-corrected chi connectivity index (χ2v) is 4.68. The molecule has 0 saturated carbocycles. The highest BCUT2D eigenvalue weighted by atomic mass is 16.5. The van der Waals surface area contributed by atoms with E-state index >= 15 is 0 Å². The lowest BCUT2D eigenvalue weighted by Crippen LogP contribution is -2.29. The van der Waals surface area contributed by atoms with Crippen molar-refractivity contribution >= 4 is 11.7 Å². The Bertz CT molecular complexity index is 411. The summed E-state index contributed by atoms with van der Waals surface area (Å²) in [5.74, 6) is -0.196. The summed E-state index contributed by atoms with van der Waals surface area (Å²) in [5, 5.41) is 3.18. The first kappa shape index (κ1) is 14.8. The molecule has 1 aromatic rings. The topological polar surface area (TPSA) is 56.8 Å². The minimum Gasteiger partial charge on any atom is -0.464 e. The van der Waals surface area contributed by atoms with E-state index in [9.17, 15) is 4.79 Å². The minimum atomic E-state index is -0.262. The maximum atomic E-state index is 11.9. The van der Waals surface area contributed by atoms with Crippen molar-refractivity contribution in [2.24, 2.45) is 0 Å². The molecule has 0 aromatic heterocycles. The molecule has 0 unspecified atom stereocenters. The molecule has 0 aliphatic carbocycles. The molecule has 1 aliphatic rings. The Morgan fingerprint density at radius 3 is 2.90 bits per heavy atom. The van der Waals surface area contributed by atoms with Crippen molar-refractivity contribution in [3.8, 4) is 0 Å². The minimum absolute atomic E-state index is 0.196. The molecular weight excluding hydrogens is 258 g/mol. The lowest BCUT2D eigenvalue weighted by atomic mass is 10.1. The molecule has 2 rings (SSSR count). The van der Waals surface area contributed by atoms with Crippen LogP contribution >= 0.6 is 0 Å². The van der Waals surface area contributed by atoms with Crippen molar-refractivity contribution in [2.75, 3.05) is 38.9 Å². The number of methoxy groups -OCH3 is 1. The number of carbonyl (C=O) groups is 1. The van der Waals surface area contributed by atoms with Crippen molar-refractivity contribution in [2.45, 2.75) is 18.9 Å². The van der Waals surface area contributed by atoms with Gasteiger partial charge in [0.25, 0.3) is 0 Å². The molecule has 1 atom stereocenters. The van der Waals surface area contributed by atoms with Crippen LogP contribution in [-0.2, 0) is 25.4 Å². The highest BCUT2D eigenvalue weighted by molar-refractivity contribution is 5.82. The molecule has 20 heavy (non-hydrogen) atoms. The second-order valence-electron chi connectivity index (χ2n) is 4.68. The highest BCUT2D eigenvalue weighted by Crippen LogP contribution is 2.25. The molecule has 1 aliphatic heterocycles. The summed E-state index contributed by atoms with van der Waals surface area (Å²) in [5.41, 5.74) is 2.19. The molecule has 0 fully saturated rings. The standard InChI is InChI=1S/C15H21NO4/c1-18-9-10-19-7-4-8-20-15(17)14-11-12-5-2-3-6-13(12)16-14/h2-3,5-6,14,16H,4,7-11H2,1H3/t14-/m0/s1. The predicted octanol–water partition coefficient (Wildman–Crippen LogP) is 1.62. The van der Waals surface area contributed by atoms with Crippen LogP contribution in [0.2, 0.25) is 0 Å². The zero-order valence-electron chi connectivity index (χ0n) is 11.8. The molecule has 0 amide bonds. The number of anilines is 1. The van der Waals surface area contributed by atoms with Crippen molar-refractivity contribution in [3.63, 3.8) is 0 Å². The summed E-state index contributed by atoms with van der Waals surface area (Å²) in [7, 11) is 1.64. The number of nitrogens with one attached hydrogen (secondary N) is 1. The van der Waals surface area contributed by atoms with Crippen LogP contribution in [0, 0.1) is 0 Å². The average Bonchev–Trinajstić information content (AvgIpc) is 2.90. The first-order chi connectivity index (χ1) is 9.81. The lowest BCUT2D eigenvalue weighted by molar-refractivity contribution is -0.144. The number of para-hydroxylation sites is 1. The fourth-order valence-electron chi connectivity index (χ4n) is 2.12. The molecular formula is C15H21NO4. The summed E-state index contributed by atoms with van der Waals surface area (Å²) in [6.45, 7) is 2.13. The van der Waals surface area contributed by atoms with Crippen molar-refractivity contribution in [3.05, 3.63) is 29.8 Å². The summed E-state index contributed by atoms with van der Waals surface area (Å²) in [6, 6.07) is 7.68. The molecule has 0 radical (unpaired) electrons. The van der Waals surface area contributed by atoms with Crippen molar-refractivity contribution in [1.29, 1.82) is 0 Å². The zero-order chi connectivity index (χ0) is 14.2. The van der Waals surface area contributed by atoms with E-state index in [1.165, 1.54) is 0 Å². The van der Waals surface area contributed by atoms with E-state index in [4.69, 9.17) is 14.2 Å². The summed E-state index contributed by atoms with van der Waals surface area (Å²) < 4.78 is 15.4. The summed E-state index contributed by atoms with van der Waals surface area (Å²) in [6.07, 6.45) is 1.40. The van der Waals surface area contributed by atoms with Gasteiger partial charge in [-0.15, -0.1) is 0 Å². The van der Waals surface area contributed by atoms with Crippen molar-refractivity contribution < 1.29 is 19.0 Å². The van der Waals surface area contributed by atoms with E-state index in [-0.39, 0.29) is 12.0 Å². The Morgan fingerprint density at radius 1 is 1.25 bits per heavy atom. The number of ether oxygens (including phenoxy) is 3. The van der Waals surface area contributed by atoms with Crippen molar-refractivity contribution in [1.82, 2.24) is 0 Å². The molecule has 1 N–H and O–H groups in total. The maximum absolute atomic E-state index is 11.9. The van der Waals surface area contributed by atoms with E-state index in [0.29, 0.717) is 39.3 Å². The molecule has 110 valence electrons. The Labute approximate surface area is 119 Å². The van der Waals surface area contributed by atoms with Crippen LogP contribution in [-0.4, -0.2) is 45.5 Å². The van der Waals surface area contributed by atoms with Crippen LogP contribution in [0.15, 0.2) is 24.3 Å². The van der Waals surface area contributed by atoms with E-state index in [2.05, 4.69) is 5.32 Å². The van der Waals surface area contributed by atoms with E-state index in [1.54, 1.807) is 7.11 Å². The molecule has 1 heterocycles. The van der Waals surface area contributed by atoms with E-state index < -0.39 is 0 Å². The van der Waals surface area contributed by atoms with Gasteiger partial charge in [0.05, 0.1) is 19.8 Å². The summed E-state index contributed by atoms with van der Waals surface area (Å²) in [4.78, 5) is 11.9. The molecule has 0 bridgehead atoms. The van der Waals surface area contributed by atoms with Gasteiger partial charge in [-0.3, -0.25) is 0 Å². The van der Waals surface area contributed by atoms with Crippen LogP contribution in [0.25, 0.3) is 0 Å². The SMILES string of the molecule is COCCOCCCOC(=O)[C@@H]1Cc2ccccc2N1. The highest BCUT2D eigenvalue weighted by Gasteiger charge is 2.27. The molecule has 5 heteroatoms. The second kappa shape index (κ2) is 7.87. The maximum Gasteiger partial charge on any atom is 0.328 e. The van der Waals surface area contributed by atoms with Gasteiger partial charge in [0.1, 0.15) is 6.04 Å². The average molecular weight is 279 g/mol. The van der Waals surface area contributed by atoms with Crippen LogP contribution < -0.4 is 5.32 Å². The third kappa shape index (κ3) is 4.21. The van der Waals surface area contributed by atoms with Crippen LogP contribution in [0.5, 0.6) is 0 Å². The monoisotopic (exact) mass is 279 g/mol. The predicted molar refractivity (Wildman–Crippen MR) is 75.8 cm³/mol. The first-order valence-electron chi connectivity index (χ1n) is 6.89. The molecule has 0 saturated heterocycles. The Hall–Kier alpha value is -1.59. The number of hydrogen-bond acceptors (Lipinski definition) is 5. The van der Waals surface area contributed by atoms with Gasteiger partial charge >= 0.3 is 5.97 Å². The number of fused-ring (bicyclic) bond motifs is 1. The van der Waals surface area contributed by atoms with Gasteiger partial charge in [-0.25, -0.2) is 4.79 Å². The number of benzene rings is 1. The van der Waals surface area contributed by atoms with E-state index in [1.807, 2.05) is 24.3 Å². The van der Waals surface area contributed by atoms with Gasteiger partial charge in [0, 0.05) is 32.2 Å². The van der Waals surface area contributed by atoms with Gasteiger partial charge in [0.15, 0.2) is 0 Å². The summed E-state index contributed by atoms with van der Waals surface area (Å²) >= 11 is 0. The number of rotatable bonds is 8. The fourth-order valence-corrected chi connectivity index (χ4v) is 2.12. The van der Waals surface area contributed by atoms with Gasteiger partial charge < -0.3 is 19.5 Å². The fraction of sp³-hybridized carbons (Fsp3) is 0.533. The number of esters is 1. The number of hydrogen-bond donors (Lipinski definition) is 1. The largest absolute Gasteiger partial charge is 0.464 e. The van der Waals surface area contributed by atoms with Crippen LogP contribution in [0.1, 0.15) is 12.0 Å². The quantitative estimate of drug-likeness (QED) is 0.579. The Morgan fingerprint density at radius 2 is 2.10 bits per heavy atom. The molecule has 1 aromatic carbocycles.